The van der Waals surface area contributed by atoms with E-state index in [4.69, 9.17) is 33.2 Å². The molecule has 3 aromatic carbocycles. The maximum atomic E-state index is 11.6. The average molecular weight is 595 g/mol. The third-order valence-corrected chi connectivity index (χ3v) is 6.99. The zero-order chi connectivity index (χ0) is 29.8. The van der Waals surface area contributed by atoms with Crippen molar-refractivity contribution in [1.82, 2.24) is 0 Å². The van der Waals surface area contributed by atoms with Gasteiger partial charge in [-0.25, -0.2) is 4.79 Å². The van der Waals surface area contributed by atoms with Gasteiger partial charge >= 0.3 is 5.97 Å². The third kappa shape index (κ3) is 9.73. The Hall–Kier alpha value is -3.63. The van der Waals surface area contributed by atoms with Gasteiger partial charge < -0.3 is 33.2 Å². The molecule has 0 saturated carbocycles. The highest BCUT2D eigenvalue weighted by atomic mass is 32.1. The topological polar surface area (TPSA) is 81.7 Å². The van der Waals surface area contributed by atoms with Crippen molar-refractivity contribution < 1.29 is 38.0 Å². The lowest BCUT2D eigenvalue weighted by Crippen LogP contribution is -2.27. The van der Waals surface area contributed by atoms with Crippen molar-refractivity contribution in [2.45, 2.75) is 26.4 Å². The smallest absolute Gasteiger partial charge is 0.332 e. The quantitative estimate of drug-likeness (QED) is 0.100. The lowest BCUT2D eigenvalue weighted by atomic mass is 10.1. The number of benzene rings is 3. The third-order valence-electron chi connectivity index (χ3n) is 5.81. The SMILES string of the molecule is COc1ccc2c(Oc3ccc(OCCOCCOCCOCC(=O)OC(C)(C)C)cc3)c(-c3ccccc3)sc2c1. The highest BCUT2D eigenvalue weighted by Gasteiger charge is 2.17. The molecule has 0 saturated heterocycles. The Labute approximate surface area is 251 Å². The minimum Gasteiger partial charge on any atom is -0.497 e. The molecule has 4 rings (SSSR count). The fourth-order valence-electron chi connectivity index (χ4n) is 3.97. The molecule has 224 valence electrons. The van der Waals surface area contributed by atoms with Crippen LogP contribution < -0.4 is 14.2 Å². The summed E-state index contributed by atoms with van der Waals surface area (Å²) in [6.45, 7) is 7.76. The molecule has 8 nitrogen and oxygen atoms in total. The van der Waals surface area contributed by atoms with E-state index < -0.39 is 5.60 Å². The molecular formula is C33H38O8S. The normalized spacial score (nSPS) is 11.4. The number of rotatable bonds is 16. The first-order chi connectivity index (χ1) is 20.3. The van der Waals surface area contributed by atoms with Crippen LogP contribution in [0.25, 0.3) is 20.5 Å². The standard InChI is InChI=1S/C33H38O8S/c1-33(2,3)41-30(34)23-38-19-18-36-16-17-37-20-21-39-25-10-12-26(13-11-25)40-31-28-15-14-27(35-4)22-29(28)42-32(31)24-8-6-5-7-9-24/h5-15,22H,16-21,23H2,1-4H3. The van der Waals surface area contributed by atoms with Crippen LogP contribution in [0.4, 0.5) is 0 Å². The molecule has 0 radical (unpaired) electrons. The number of hydrogen-bond donors (Lipinski definition) is 0. The maximum Gasteiger partial charge on any atom is 0.332 e. The molecular weight excluding hydrogens is 556 g/mol. The molecule has 42 heavy (non-hydrogen) atoms. The van der Waals surface area contributed by atoms with E-state index in [1.54, 1.807) is 18.4 Å². The van der Waals surface area contributed by atoms with Gasteiger partial charge in [-0.1, -0.05) is 30.3 Å². The second-order valence-corrected chi connectivity index (χ2v) is 11.3. The van der Waals surface area contributed by atoms with Gasteiger partial charge in [0.25, 0.3) is 0 Å². The largest absolute Gasteiger partial charge is 0.497 e. The van der Waals surface area contributed by atoms with E-state index in [1.807, 2.05) is 81.4 Å². The molecule has 0 N–H and O–H groups in total. The number of fused-ring (bicyclic) bond motifs is 1. The zero-order valence-electron chi connectivity index (χ0n) is 24.6. The number of methoxy groups -OCH3 is 1. The lowest BCUT2D eigenvalue weighted by Gasteiger charge is -2.19. The molecule has 1 heterocycles. The summed E-state index contributed by atoms with van der Waals surface area (Å²) < 4.78 is 40.2. The molecule has 0 bridgehead atoms. The molecule has 0 atom stereocenters. The van der Waals surface area contributed by atoms with E-state index >= 15 is 0 Å². The van der Waals surface area contributed by atoms with Gasteiger partial charge in [0, 0.05) is 10.1 Å². The number of carbonyl (C=O) groups is 1. The summed E-state index contributed by atoms with van der Waals surface area (Å²) >= 11 is 1.68. The van der Waals surface area contributed by atoms with Crippen molar-refractivity contribution in [1.29, 1.82) is 0 Å². The van der Waals surface area contributed by atoms with Crippen LogP contribution in [-0.2, 0) is 23.7 Å². The first kappa shape index (κ1) is 31.3. The average Bonchev–Trinajstić information content (AvgIpc) is 3.33. The van der Waals surface area contributed by atoms with Gasteiger partial charge in [-0.2, -0.15) is 0 Å². The van der Waals surface area contributed by atoms with Crippen molar-refractivity contribution in [3.63, 3.8) is 0 Å². The molecule has 0 aliphatic heterocycles. The van der Waals surface area contributed by atoms with Gasteiger partial charge in [-0.15, -0.1) is 11.3 Å². The monoisotopic (exact) mass is 594 g/mol. The summed E-state index contributed by atoms with van der Waals surface area (Å²) in [7, 11) is 1.67. The van der Waals surface area contributed by atoms with E-state index in [1.165, 1.54) is 0 Å². The molecule has 9 heteroatoms. The van der Waals surface area contributed by atoms with Crippen molar-refractivity contribution in [2.24, 2.45) is 0 Å². The van der Waals surface area contributed by atoms with E-state index in [0.29, 0.717) is 39.6 Å². The minimum absolute atomic E-state index is 0.0865. The number of carbonyl (C=O) groups excluding carboxylic acids is 1. The summed E-state index contributed by atoms with van der Waals surface area (Å²) in [6.07, 6.45) is 0. The summed E-state index contributed by atoms with van der Waals surface area (Å²) in [4.78, 5) is 12.6. The summed E-state index contributed by atoms with van der Waals surface area (Å²) in [6, 6.07) is 23.8. The molecule has 4 aromatic rings. The fraction of sp³-hybridized carbons (Fsp3) is 0.364. The van der Waals surface area contributed by atoms with Crippen LogP contribution in [0, 0.1) is 0 Å². The Bertz CT molecular complexity index is 1390. The highest BCUT2D eigenvalue weighted by molar-refractivity contribution is 7.22. The van der Waals surface area contributed by atoms with Gasteiger partial charge in [0.2, 0.25) is 0 Å². The van der Waals surface area contributed by atoms with Crippen LogP contribution in [0.3, 0.4) is 0 Å². The molecule has 1 aromatic heterocycles. The van der Waals surface area contributed by atoms with Crippen molar-refractivity contribution in [3.05, 3.63) is 72.8 Å². The van der Waals surface area contributed by atoms with E-state index in [-0.39, 0.29) is 12.6 Å². The maximum absolute atomic E-state index is 11.6. The first-order valence-corrected chi connectivity index (χ1v) is 14.7. The lowest BCUT2D eigenvalue weighted by molar-refractivity contribution is -0.160. The van der Waals surface area contributed by atoms with Crippen molar-refractivity contribution in [2.75, 3.05) is 53.4 Å². The number of esters is 1. The molecule has 0 unspecified atom stereocenters. The molecule has 0 aliphatic rings. The predicted molar refractivity (Wildman–Crippen MR) is 164 cm³/mol. The fourth-order valence-corrected chi connectivity index (χ4v) is 5.13. The van der Waals surface area contributed by atoms with Gasteiger partial charge in [0.15, 0.2) is 5.75 Å². The van der Waals surface area contributed by atoms with Crippen LogP contribution in [-0.4, -0.2) is 64.9 Å². The van der Waals surface area contributed by atoms with E-state index in [2.05, 4.69) is 12.1 Å². The molecule has 0 amide bonds. The van der Waals surface area contributed by atoms with Gasteiger partial charge in [0.05, 0.1) is 45.0 Å². The van der Waals surface area contributed by atoms with Crippen molar-refractivity contribution >= 4 is 27.4 Å². The summed E-state index contributed by atoms with van der Waals surface area (Å²) in [5, 5.41) is 1.04. The second kappa shape index (κ2) is 15.6. The zero-order valence-corrected chi connectivity index (χ0v) is 25.4. The Morgan fingerprint density at radius 3 is 2.02 bits per heavy atom. The van der Waals surface area contributed by atoms with Crippen LogP contribution in [0.15, 0.2) is 72.8 Å². The molecule has 0 spiro atoms. The Kier molecular flexibility index (Phi) is 11.6. The van der Waals surface area contributed by atoms with Crippen LogP contribution in [0.5, 0.6) is 23.0 Å². The van der Waals surface area contributed by atoms with E-state index in [9.17, 15) is 4.79 Å². The van der Waals surface area contributed by atoms with Gasteiger partial charge in [0.1, 0.15) is 36.1 Å². The number of hydrogen-bond acceptors (Lipinski definition) is 9. The Morgan fingerprint density at radius 1 is 0.738 bits per heavy atom. The predicted octanol–water partition coefficient (Wildman–Crippen LogP) is 7.14. The van der Waals surface area contributed by atoms with Crippen LogP contribution in [0.2, 0.25) is 0 Å². The Balaban J connectivity index is 1.17. The Morgan fingerprint density at radius 2 is 1.36 bits per heavy atom. The second-order valence-electron chi connectivity index (χ2n) is 10.3. The molecule has 0 aliphatic carbocycles. The van der Waals surface area contributed by atoms with E-state index in [0.717, 1.165) is 43.5 Å². The number of ether oxygens (including phenoxy) is 7. The van der Waals surface area contributed by atoms with Crippen LogP contribution >= 0.6 is 11.3 Å². The first-order valence-electron chi connectivity index (χ1n) is 13.8. The highest BCUT2D eigenvalue weighted by Crippen LogP contribution is 2.47. The van der Waals surface area contributed by atoms with Crippen LogP contribution in [0.1, 0.15) is 20.8 Å². The van der Waals surface area contributed by atoms with Crippen molar-refractivity contribution in [3.8, 4) is 33.4 Å². The van der Waals surface area contributed by atoms with Gasteiger partial charge in [-0.05, 0) is 68.8 Å². The summed E-state index contributed by atoms with van der Waals surface area (Å²) in [5.41, 5.74) is 0.586. The number of thiophene rings is 1. The summed E-state index contributed by atoms with van der Waals surface area (Å²) in [5.74, 6) is 2.70. The minimum atomic E-state index is -0.515. The molecule has 0 fully saturated rings. The van der Waals surface area contributed by atoms with Gasteiger partial charge in [-0.3, -0.25) is 0 Å².